The molecule has 0 unspecified atom stereocenters. The number of alkyl halides is 3. The van der Waals surface area contributed by atoms with Gasteiger partial charge in [-0.2, -0.15) is 0 Å². The number of nitrogens with one attached hydrogen (secondary N) is 1. The average Bonchev–Trinajstić information content (AvgIpc) is 2.37. The summed E-state index contributed by atoms with van der Waals surface area (Å²) in [4.78, 5) is 18.7. The predicted octanol–water partition coefficient (Wildman–Crippen LogP) is 3.21. The summed E-state index contributed by atoms with van der Waals surface area (Å²) in [6, 6.07) is 5.16. The first-order chi connectivity index (χ1) is 9.80. The molecule has 0 saturated heterocycles. The lowest BCUT2D eigenvalue weighted by atomic mass is 10.1. The third-order valence-electron chi connectivity index (χ3n) is 2.94. The zero-order valence-electron chi connectivity index (χ0n) is 11.4. The number of halogens is 3. The number of hydrogen-bond acceptors (Lipinski definition) is 3. The summed E-state index contributed by atoms with van der Waals surface area (Å²) in [7, 11) is 0. The van der Waals surface area contributed by atoms with Crippen molar-refractivity contribution in [1.82, 2.24) is 9.97 Å². The molecule has 0 atom stereocenters. The van der Waals surface area contributed by atoms with Crippen molar-refractivity contribution < 1.29 is 17.9 Å². The monoisotopic (exact) mass is 298 g/mol. The molecular weight excluding hydrogens is 285 g/mol. The Kier molecular flexibility index (Phi) is 4.02. The van der Waals surface area contributed by atoms with Crippen molar-refractivity contribution >= 4 is 0 Å². The van der Waals surface area contributed by atoms with Gasteiger partial charge in [-0.25, -0.2) is 4.98 Å². The first-order valence-electron chi connectivity index (χ1n) is 6.26. The first kappa shape index (κ1) is 15.1. The van der Waals surface area contributed by atoms with Crippen molar-refractivity contribution in [2.75, 3.05) is 0 Å². The van der Waals surface area contributed by atoms with E-state index in [1.807, 2.05) is 6.92 Å². The lowest BCUT2D eigenvalue weighted by Crippen LogP contribution is -2.17. The Bertz CT molecular complexity index is 691. The van der Waals surface area contributed by atoms with Crippen LogP contribution in [0.1, 0.15) is 18.2 Å². The van der Waals surface area contributed by atoms with Gasteiger partial charge < -0.3 is 9.72 Å². The van der Waals surface area contributed by atoms with E-state index in [0.29, 0.717) is 29.1 Å². The molecule has 0 saturated carbocycles. The molecule has 0 radical (unpaired) electrons. The molecule has 0 bridgehead atoms. The lowest BCUT2D eigenvalue weighted by molar-refractivity contribution is -0.274. The molecule has 21 heavy (non-hydrogen) atoms. The van der Waals surface area contributed by atoms with Gasteiger partial charge in [-0.05, 0) is 37.6 Å². The largest absolute Gasteiger partial charge is 0.573 e. The molecule has 112 valence electrons. The van der Waals surface area contributed by atoms with Crippen LogP contribution in [-0.2, 0) is 6.42 Å². The minimum absolute atomic E-state index is 0.240. The fourth-order valence-electron chi connectivity index (χ4n) is 1.98. The summed E-state index contributed by atoms with van der Waals surface area (Å²) in [5.41, 5.74) is 1.46. The molecule has 0 spiro atoms. The van der Waals surface area contributed by atoms with Crippen LogP contribution in [-0.4, -0.2) is 16.3 Å². The highest BCUT2D eigenvalue weighted by atomic mass is 19.4. The van der Waals surface area contributed by atoms with Crippen LogP contribution in [0.4, 0.5) is 13.2 Å². The fraction of sp³-hybridized carbons (Fsp3) is 0.286. The molecule has 4 nitrogen and oxygen atoms in total. The van der Waals surface area contributed by atoms with E-state index in [9.17, 15) is 18.0 Å². The molecule has 1 heterocycles. The Labute approximate surface area is 118 Å². The maximum atomic E-state index is 12.1. The quantitative estimate of drug-likeness (QED) is 0.946. The highest BCUT2D eigenvalue weighted by Gasteiger charge is 2.30. The van der Waals surface area contributed by atoms with Gasteiger partial charge in [0.05, 0.1) is 0 Å². The van der Waals surface area contributed by atoms with Gasteiger partial charge in [-0.1, -0.05) is 6.92 Å². The summed E-state index contributed by atoms with van der Waals surface area (Å²) >= 11 is 0. The van der Waals surface area contributed by atoms with Gasteiger partial charge >= 0.3 is 6.36 Å². The van der Waals surface area contributed by atoms with Crippen LogP contribution in [0.5, 0.6) is 5.75 Å². The van der Waals surface area contributed by atoms with Crippen molar-refractivity contribution in [1.29, 1.82) is 0 Å². The summed E-state index contributed by atoms with van der Waals surface area (Å²) in [6.07, 6.45) is -4.17. The Morgan fingerprint density at radius 1 is 1.24 bits per heavy atom. The molecule has 1 aromatic carbocycles. The summed E-state index contributed by atoms with van der Waals surface area (Å²) in [5, 5.41) is 0. The van der Waals surface area contributed by atoms with Crippen LogP contribution < -0.4 is 10.3 Å². The SMILES string of the molecule is CCc1c(C)nc(-c2ccc(OC(F)(F)F)cc2)[nH]c1=O. The highest BCUT2D eigenvalue weighted by molar-refractivity contribution is 5.56. The van der Waals surface area contributed by atoms with E-state index >= 15 is 0 Å². The molecule has 2 aromatic rings. The predicted molar refractivity (Wildman–Crippen MR) is 71.1 cm³/mol. The Morgan fingerprint density at radius 3 is 2.33 bits per heavy atom. The molecule has 2 rings (SSSR count). The van der Waals surface area contributed by atoms with Gasteiger partial charge in [-0.15, -0.1) is 13.2 Å². The van der Waals surface area contributed by atoms with Crippen molar-refractivity contribution in [2.45, 2.75) is 26.6 Å². The summed E-state index contributed by atoms with van der Waals surface area (Å²) in [5.74, 6) is -0.0104. The number of aromatic amines is 1. The maximum absolute atomic E-state index is 12.1. The molecule has 0 aliphatic carbocycles. The Hall–Kier alpha value is -2.31. The lowest BCUT2D eigenvalue weighted by Gasteiger charge is -2.09. The van der Waals surface area contributed by atoms with Gasteiger partial charge in [0.15, 0.2) is 0 Å². The number of benzene rings is 1. The van der Waals surface area contributed by atoms with E-state index in [-0.39, 0.29) is 11.3 Å². The van der Waals surface area contributed by atoms with E-state index in [0.717, 1.165) is 0 Å². The van der Waals surface area contributed by atoms with E-state index in [4.69, 9.17) is 0 Å². The van der Waals surface area contributed by atoms with Gasteiger partial charge in [-0.3, -0.25) is 4.79 Å². The van der Waals surface area contributed by atoms with E-state index in [2.05, 4.69) is 14.7 Å². The smallest absolute Gasteiger partial charge is 0.406 e. The van der Waals surface area contributed by atoms with Crippen molar-refractivity contribution in [3.63, 3.8) is 0 Å². The topological polar surface area (TPSA) is 55.0 Å². The maximum Gasteiger partial charge on any atom is 0.573 e. The van der Waals surface area contributed by atoms with Crippen LogP contribution in [0, 0.1) is 6.92 Å². The zero-order valence-corrected chi connectivity index (χ0v) is 11.4. The molecule has 0 aliphatic heterocycles. The Balaban J connectivity index is 2.33. The number of nitrogens with zero attached hydrogens (tertiary/aromatic N) is 1. The van der Waals surface area contributed by atoms with Crippen LogP contribution in [0.3, 0.4) is 0 Å². The van der Waals surface area contributed by atoms with Gasteiger partial charge in [0, 0.05) is 16.8 Å². The van der Waals surface area contributed by atoms with Crippen LogP contribution in [0.2, 0.25) is 0 Å². The van der Waals surface area contributed by atoms with Crippen molar-refractivity contribution in [2.24, 2.45) is 0 Å². The normalized spacial score (nSPS) is 11.5. The number of rotatable bonds is 3. The molecular formula is C14H13F3N2O2. The second-order valence-electron chi connectivity index (χ2n) is 4.40. The standard InChI is InChI=1S/C14H13F3N2O2/c1-3-11-8(2)18-12(19-13(11)20)9-4-6-10(7-5-9)21-14(15,16)17/h4-7H,3H2,1-2H3,(H,18,19,20). The minimum Gasteiger partial charge on any atom is -0.406 e. The van der Waals surface area contributed by atoms with Crippen LogP contribution in [0.15, 0.2) is 29.1 Å². The van der Waals surface area contributed by atoms with E-state index in [1.165, 1.54) is 24.3 Å². The third kappa shape index (κ3) is 3.62. The summed E-state index contributed by atoms with van der Waals surface area (Å²) in [6.45, 7) is 3.57. The van der Waals surface area contributed by atoms with Gasteiger partial charge in [0.2, 0.25) is 0 Å². The second kappa shape index (κ2) is 5.59. The Morgan fingerprint density at radius 2 is 1.86 bits per heavy atom. The zero-order chi connectivity index (χ0) is 15.6. The second-order valence-corrected chi connectivity index (χ2v) is 4.40. The minimum atomic E-state index is -4.73. The molecule has 1 aromatic heterocycles. The molecule has 0 fully saturated rings. The molecule has 7 heteroatoms. The molecule has 1 N–H and O–H groups in total. The molecule has 0 amide bonds. The number of hydrogen-bond donors (Lipinski definition) is 1. The number of H-pyrrole nitrogens is 1. The van der Waals surface area contributed by atoms with Crippen molar-refractivity contribution in [3.05, 3.63) is 45.9 Å². The average molecular weight is 298 g/mol. The van der Waals surface area contributed by atoms with E-state index < -0.39 is 6.36 Å². The first-order valence-corrected chi connectivity index (χ1v) is 6.26. The van der Waals surface area contributed by atoms with Crippen LogP contribution in [0.25, 0.3) is 11.4 Å². The summed E-state index contributed by atoms with van der Waals surface area (Å²) < 4.78 is 40.0. The third-order valence-corrected chi connectivity index (χ3v) is 2.94. The van der Waals surface area contributed by atoms with Crippen LogP contribution >= 0.6 is 0 Å². The number of ether oxygens (including phenoxy) is 1. The van der Waals surface area contributed by atoms with E-state index in [1.54, 1.807) is 6.92 Å². The highest BCUT2D eigenvalue weighted by Crippen LogP contribution is 2.25. The molecule has 0 aliphatic rings. The fourth-order valence-corrected chi connectivity index (χ4v) is 1.98. The number of aryl methyl sites for hydroxylation is 1. The van der Waals surface area contributed by atoms with Gasteiger partial charge in [0.1, 0.15) is 11.6 Å². The number of aromatic nitrogens is 2. The van der Waals surface area contributed by atoms with Crippen molar-refractivity contribution in [3.8, 4) is 17.1 Å². The van der Waals surface area contributed by atoms with Gasteiger partial charge in [0.25, 0.3) is 5.56 Å².